The summed E-state index contributed by atoms with van der Waals surface area (Å²) in [5, 5.41) is 0. The van der Waals surface area contributed by atoms with Gasteiger partial charge in [-0.15, -0.1) is 0 Å². The molecule has 1 aromatic carbocycles. The normalized spacial score (nSPS) is 19.6. The first-order valence-electron chi connectivity index (χ1n) is 4.68. The van der Waals surface area contributed by atoms with Gasteiger partial charge in [0.2, 0.25) is 5.91 Å². The van der Waals surface area contributed by atoms with E-state index < -0.39 is 0 Å². The lowest BCUT2D eigenvalue weighted by Gasteiger charge is -2.20. The highest BCUT2D eigenvalue weighted by molar-refractivity contribution is 9.10. The predicted molar refractivity (Wildman–Crippen MR) is 60.5 cm³/mol. The van der Waals surface area contributed by atoms with Crippen LogP contribution in [0.15, 0.2) is 22.7 Å². The van der Waals surface area contributed by atoms with Crippen molar-refractivity contribution in [3.63, 3.8) is 0 Å². The topological polar surface area (TPSA) is 20.3 Å². The number of fused-ring (bicyclic) bond motifs is 1. The fraction of sp³-hybridized carbons (Fsp3) is 0.364. The van der Waals surface area contributed by atoms with Crippen molar-refractivity contribution >= 4 is 27.5 Å². The smallest absolute Gasteiger partial charge is 0.224 e. The van der Waals surface area contributed by atoms with Crippen LogP contribution < -0.4 is 4.90 Å². The van der Waals surface area contributed by atoms with Crippen molar-refractivity contribution in [3.05, 3.63) is 28.2 Å². The van der Waals surface area contributed by atoms with Gasteiger partial charge in [0.05, 0.1) is 0 Å². The molecular formula is C11H12BrNO. The Kier molecular flexibility index (Phi) is 2.35. The molecule has 3 heteroatoms. The number of amides is 1. The molecule has 0 spiro atoms. The molecule has 14 heavy (non-hydrogen) atoms. The number of hydrogen-bond acceptors (Lipinski definition) is 1. The second-order valence-corrected chi connectivity index (χ2v) is 4.63. The summed E-state index contributed by atoms with van der Waals surface area (Å²) in [6.45, 7) is 3.70. The maximum Gasteiger partial charge on any atom is 0.224 e. The third-order valence-electron chi connectivity index (χ3n) is 2.60. The molecule has 2 rings (SSSR count). The number of carbonyl (C=O) groups is 1. The third-order valence-corrected chi connectivity index (χ3v) is 3.09. The Morgan fingerprint density at radius 1 is 1.57 bits per heavy atom. The molecule has 1 atom stereocenters. The Balaban J connectivity index is 2.48. The van der Waals surface area contributed by atoms with Gasteiger partial charge >= 0.3 is 0 Å². The molecule has 0 radical (unpaired) electrons. The van der Waals surface area contributed by atoms with E-state index in [0.717, 1.165) is 16.6 Å². The second-order valence-electron chi connectivity index (χ2n) is 3.72. The van der Waals surface area contributed by atoms with Crippen molar-refractivity contribution in [2.24, 2.45) is 0 Å². The minimum atomic E-state index is 0.124. The van der Waals surface area contributed by atoms with Gasteiger partial charge in [0.25, 0.3) is 0 Å². The lowest BCUT2D eigenvalue weighted by Crippen LogP contribution is -2.33. The molecule has 1 amide bonds. The molecule has 74 valence electrons. The molecule has 0 saturated carbocycles. The molecule has 1 aliphatic rings. The lowest BCUT2D eigenvalue weighted by molar-refractivity contribution is -0.116. The predicted octanol–water partition coefficient (Wildman–Crippen LogP) is 2.75. The molecule has 1 aromatic rings. The van der Waals surface area contributed by atoms with E-state index in [1.807, 2.05) is 17.0 Å². The molecule has 0 aliphatic carbocycles. The zero-order valence-electron chi connectivity index (χ0n) is 8.25. The highest BCUT2D eigenvalue weighted by Gasteiger charge is 2.28. The van der Waals surface area contributed by atoms with Crippen molar-refractivity contribution in [1.82, 2.24) is 0 Å². The van der Waals surface area contributed by atoms with E-state index in [1.54, 1.807) is 6.92 Å². The van der Waals surface area contributed by atoms with E-state index in [2.05, 4.69) is 28.9 Å². The van der Waals surface area contributed by atoms with Crippen LogP contribution >= 0.6 is 15.9 Å². The molecule has 0 bridgehead atoms. The van der Waals surface area contributed by atoms with Crippen LogP contribution in [0.3, 0.4) is 0 Å². The monoisotopic (exact) mass is 253 g/mol. The van der Waals surface area contributed by atoms with Crippen LogP contribution in [0.5, 0.6) is 0 Å². The largest absolute Gasteiger partial charge is 0.309 e. The molecule has 0 N–H and O–H groups in total. The Bertz CT molecular complexity index is 389. The molecule has 2 nitrogen and oxygen atoms in total. The van der Waals surface area contributed by atoms with E-state index >= 15 is 0 Å². The minimum Gasteiger partial charge on any atom is -0.309 e. The van der Waals surface area contributed by atoms with Crippen molar-refractivity contribution in [2.75, 3.05) is 4.90 Å². The molecule has 0 fully saturated rings. The summed E-state index contributed by atoms with van der Waals surface area (Å²) in [6.07, 6.45) is 0.953. The van der Waals surface area contributed by atoms with Crippen molar-refractivity contribution in [3.8, 4) is 0 Å². The molecular weight excluding hydrogens is 242 g/mol. The molecule has 0 unspecified atom stereocenters. The lowest BCUT2D eigenvalue weighted by atomic mass is 10.1. The molecule has 1 heterocycles. The summed E-state index contributed by atoms with van der Waals surface area (Å²) in [7, 11) is 0. The van der Waals surface area contributed by atoms with Gasteiger partial charge in [-0.05, 0) is 37.1 Å². The minimum absolute atomic E-state index is 0.124. The van der Waals surface area contributed by atoms with Gasteiger partial charge in [-0.3, -0.25) is 4.79 Å². The average molecular weight is 254 g/mol. The van der Waals surface area contributed by atoms with Crippen LogP contribution in [-0.2, 0) is 11.2 Å². The number of nitrogens with zero attached hydrogens (tertiary/aromatic N) is 1. The zero-order chi connectivity index (χ0) is 10.3. The van der Waals surface area contributed by atoms with Gasteiger partial charge in [-0.25, -0.2) is 0 Å². The summed E-state index contributed by atoms with van der Waals surface area (Å²) in [6, 6.07) is 6.36. The van der Waals surface area contributed by atoms with E-state index in [0.29, 0.717) is 0 Å². The van der Waals surface area contributed by atoms with Gasteiger partial charge in [-0.1, -0.05) is 15.9 Å². The van der Waals surface area contributed by atoms with Crippen molar-refractivity contribution in [1.29, 1.82) is 0 Å². The van der Waals surface area contributed by atoms with Gasteiger partial charge < -0.3 is 4.90 Å². The van der Waals surface area contributed by atoms with E-state index in [1.165, 1.54) is 5.56 Å². The summed E-state index contributed by atoms with van der Waals surface area (Å²) >= 11 is 3.44. The maximum absolute atomic E-state index is 11.4. The highest BCUT2D eigenvalue weighted by Crippen LogP contribution is 2.33. The average Bonchev–Trinajstić information content (AvgIpc) is 2.39. The number of carbonyl (C=O) groups excluding carboxylic acids is 1. The van der Waals surface area contributed by atoms with Gasteiger partial charge in [0.15, 0.2) is 0 Å². The summed E-state index contributed by atoms with van der Waals surface area (Å²) in [5.74, 6) is 0.124. The first-order valence-corrected chi connectivity index (χ1v) is 5.47. The first kappa shape index (κ1) is 9.71. The second kappa shape index (κ2) is 3.39. The zero-order valence-corrected chi connectivity index (χ0v) is 9.84. The summed E-state index contributed by atoms with van der Waals surface area (Å²) in [4.78, 5) is 13.3. The number of benzene rings is 1. The van der Waals surface area contributed by atoms with Crippen LogP contribution in [0.4, 0.5) is 5.69 Å². The maximum atomic E-state index is 11.4. The third kappa shape index (κ3) is 1.46. The number of halogens is 1. The highest BCUT2D eigenvalue weighted by atomic mass is 79.9. The quantitative estimate of drug-likeness (QED) is 0.697. The summed E-state index contributed by atoms with van der Waals surface area (Å²) in [5.41, 5.74) is 2.32. The number of hydrogen-bond donors (Lipinski definition) is 0. The number of rotatable bonds is 0. The SMILES string of the molecule is CC(=O)N1c2ccc(Br)cc2C[C@H]1C. The Morgan fingerprint density at radius 2 is 2.29 bits per heavy atom. The molecule has 1 aliphatic heterocycles. The van der Waals surface area contributed by atoms with Crippen LogP contribution in [0, 0.1) is 0 Å². The van der Waals surface area contributed by atoms with Crippen LogP contribution in [0.2, 0.25) is 0 Å². The Labute approximate surface area is 92.0 Å². The van der Waals surface area contributed by atoms with Crippen LogP contribution in [0.1, 0.15) is 19.4 Å². The van der Waals surface area contributed by atoms with Crippen molar-refractivity contribution in [2.45, 2.75) is 26.3 Å². The van der Waals surface area contributed by atoms with Gasteiger partial charge in [-0.2, -0.15) is 0 Å². The Morgan fingerprint density at radius 3 is 2.93 bits per heavy atom. The fourth-order valence-corrected chi connectivity index (χ4v) is 2.49. The number of anilines is 1. The van der Waals surface area contributed by atoms with Gasteiger partial charge in [0, 0.05) is 23.1 Å². The summed E-state index contributed by atoms with van der Waals surface area (Å²) < 4.78 is 1.08. The standard InChI is InChI=1S/C11H12BrNO/c1-7-5-9-6-10(12)3-4-11(9)13(7)8(2)14/h3-4,6-7H,5H2,1-2H3/t7-/m1/s1. The van der Waals surface area contributed by atoms with Crippen LogP contribution in [-0.4, -0.2) is 11.9 Å². The molecule has 0 aromatic heterocycles. The van der Waals surface area contributed by atoms with Gasteiger partial charge in [0.1, 0.15) is 0 Å². The van der Waals surface area contributed by atoms with Crippen molar-refractivity contribution < 1.29 is 4.79 Å². The van der Waals surface area contributed by atoms with E-state index in [9.17, 15) is 4.79 Å². The first-order chi connectivity index (χ1) is 6.59. The molecule has 0 saturated heterocycles. The van der Waals surface area contributed by atoms with E-state index in [-0.39, 0.29) is 11.9 Å². The van der Waals surface area contributed by atoms with Crippen LogP contribution in [0.25, 0.3) is 0 Å². The fourth-order valence-electron chi connectivity index (χ4n) is 2.08. The van der Waals surface area contributed by atoms with E-state index in [4.69, 9.17) is 0 Å². The Hall–Kier alpha value is -0.830.